The highest BCUT2D eigenvalue weighted by atomic mass is 35.5. The van der Waals surface area contributed by atoms with E-state index in [9.17, 15) is 17.8 Å². The molecule has 2 aromatic carbocycles. The van der Waals surface area contributed by atoms with Gasteiger partial charge in [0.05, 0.1) is 16.0 Å². The number of benzene rings is 2. The summed E-state index contributed by atoms with van der Waals surface area (Å²) in [5, 5.41) is -0.187. The van der Waals surface area contributed by atoms with Gasteiger partial charge in [-0.15, -0.1) is 0 Å². The van der Waals surface area contributed by atoms with Crippen LogP contribution in [0.3, 0.4) is 0 Å². The van der Waals surface area contributed by atoms with Crippen LogP contribution >= 0.6 is 11.6 Å². The van der Waals surface area contributed by atoms with Gasteiger partial charge in [0.1, 0.15) is 11.6 Å². The molecule has 2 aromatic rings. The summed E-state index contributed by atoms with van der Waals surface area (Å²) in [5.41, 5.74) is 0.101. The average molecular weight is 440 g/mol. The lowest BCUT2D eigenvalue weighted by Crippen LogP contribution is -2.27. The van der Waals surface area contributed by atoms with Crippen molar-refractivity contribution in [2.24, 2.45) is 0 Å². The molecule has 1 aliphatic heterocycles. The highest BCUT2D eigenvalue weighted by molar-refractivity contribution is 7.85. The average Bonchev–Trinajstić information content (AvgIpc) is 3.25. The molecule has 0 radical (unpaired) electrons. The Hall–Kier alpha value is -1.79. The third-order valence-corrected chi connectivity index (χ3v) is 7.17. The monoisotopic (exact) mass is 439 g/mol. The van der Waals surface area contributed by atoms with Crippen LogP contribution in [-0.4, -0.2) is 28.1 Å². The molecule has 1 heterocycles. The number of hydrogen-bond donors (Lipinski definition) is 0. The van der Waals surface area contributed by atoms with Gasteiger partial charge in [0.2, 0.25) is 5.91 Å². The standard InChI is InChI=1S/C22H24ClF2NO2S/c23-16-7-10-18(11-8-16)29(28)21(19-15-17(24)9-12-20(19)25)5-1-2-6-22(27)26-13-3-4-14-26/h7-12,15,21H,1-6,13-14H2. The quantitative estimate of drug-likeness (QED) is 0.498. The maximum absolute atomic E-state index is 14.4. The van der Waals surface area contributed by atoms with Gasteiger partial charge in [-0.05, 0) is 68.1 Å². The van der Waals surface area contributed by atoms with Gasteiger partial charge in [0.15, 0.2) is 0 Å². The summed E-state index contributed by atoms with van der Waals surface area (Å²) in [7, 11) is -1.58. The minimum absolute atomic E-state index is 0.101. The van der Waals surface area contributed by atoms with Gasteiger partial charge in [-0.2, -0.15) is 0 Å². The van der Waals surface area contributed by atoms with E-state index in [0.717, 1.165) is 44.1 Å². The van der Waals surface area contributed by atoms with Crippen LogP contribution < -0.4 is 0 Å². The third-order valence-electron chi connectivity index (χ3n) is 5.18. The van der Waals surface area contributed by atoms with E-state index in [2.05, 4.69) is 0 Å². The van der Waals surface area contributed by atoms with Gasteiger partial charge >= 0.3 is 0 Å². The van der Waals surface area contributed by atoms with Gasteiger partial charge in [-0.3, -0.25) is 9.00 Å². The van der Waals surface area contributed by atoms with E-state index < -0.39 is 27.7 Å². The summed E-state index contributed by atoms with van der Waals surface area (Å²) in [6, 6.07) is 9.76. The van der Waals surface area contributed by atoms with Crippen LogP contribution in [0.25, 0.3) is 0 Å². The Morgan fingerprint density at radius 2 is 1.76 bits per heavy atom. The molecule has 0 bridgehead atoms. The molecule has 29 heavy (non-hydrogen) atoms. The fourth-order valence-corrected chi connectivity index (χ4v) is 5.25. The minimum Gasteiger partial charge on any atom is -0.343 e. The molecule has 2 unspecified atom stereocenters. The summed E-state index contributed by atoms with van der Waals surface area (Å²) in [5.74, 6) is -1.01. The second kappa shape index (κ2) is 10.3. The number of nitrogens with zero attached hydrogens (tertiary/aromatic N) is 1. The Morgan fingerprint density at radius 1 is 1.07 bits per heavy atom. The van der Waals surface area contributed by atoms with Crippen LogP contribution in [0, 0.1) is 11.6 Å². The van der Waals surface area contributed by atoms with Crippen molar-refractivity contribution in [3.05, 3.63) is 64.7 Å². The topological polar surface area (TPSA) is 37.4 Å². The molecular formula is C22H24ClF2NO2S. The Labute approximate surface area is 177 Å². The lowest BCUT2D eigenvalue weighted by atomic mass is 10.0. The fourth-order valence-electron chi connectivity index (χ4n) is 3.60. The molecule has 156 valence electrons. The van der Waals surface area contributed by atoms with Crippen molar-refractivity contribution < 1.29 is 17.8 Å². The first kappa shape index (κ1) is 21.9. The molecule has 0 aromatic heterocycles. The molecule has 0 saturated carbocycles. The molecule has 1 amide bonds. The summed E-state index contributed by atoms with van der Waals surface area (Å²) in [6.07, 6.45) is 4.13. The van der Waals surface area contributed by atoms with Crippen LogP contribution in [0.4, 0.5) is 8.78 Å². The Balaban J connectivity index is 1.70. The predicted molar refractivity (Wildman–Crippen MR) is 111 cm³/mol. The summed E-state index contributed by atoms with van der Waals surface area (Å²) in [4.78, 5) is 14.6. The molecule has 0 N–H and O–H groups in total. The zero-order valence-electron chi connectivity index (χ0n) is 16.1. The van der Waals surface area contributed by atoms with Crippen molar-refractivity contribution in [2.45, 2.75) is 48.7 Å². The van der Waals surface area contributed by atoms with Gasteiger partial charge in [-0.25, -0.2) is 8.78 Å². The van der Waals surface area contributed by atoms with Gasteiger partial charge in [0, 0.05) is 35.0 Å². The molecule has 2 atom stereocenters. The van der Waals surface area contributed by atoms with Crippen LogP contribution in [0.1, 0.15) is 49.3 Å². The highest BCUT2D eigenvalue weighted by Gasteiger charge is 2.25. The maximum Gasteiger partial charge on any atom is 0.222 e. The van der Waals surface area contributed by atoms with E-state index in [4.69, 9.17) is 11.6 Å². The van der Waals surface area contributed by atoms with E-state index in [-0.39, 0.29) is 11.5 Å². The number of hydrogen-bond acceptors (Lipinski definition) is 2. The largest absolute Gasteiger partial charge is 0.343 e. The SMILES string of the molecule is O=C(CCCCC(c1cc(F)ccc1F)S(=O)c1ccc(Cl)cc1)N1CCCC1. The van der Waals surface area contributed by atoms with E-state index >= 15 is 0 Å². The number of unbranched alkanes of at least 4 members (excludes halogenated alkanes) is 1. The van der Waals surface area contributed by atoms with E-state index in [1.807, 2.05) is 4.90 Å². The summed E-state index contributed by atoms with van der Waals surface area (Å²) < 4.78 is 41.3. The van der Waals surface area contributed by atoms with Crippen LogP contribution in [0.5, 0.6) is 0 Å². The number of halogens is 3. The van der Waals surface area contributed by atoms with Crippen LogP contribution in [0.2, 0.25) is 5.02 Å². The van der Waals surface area contributed by atoms with Crippen molar-refractivity contribution in [1.29, 1.82) is 0 Å². The second-order valence-electron chi connectivity index (χ2n) is 7.24. The molecule has 0 spiro atoms. The van der Waals surface area contributed by atoms with Crippen LogP contribution in [-0.2, 0) is 15.6 Å². The molecule has 3 nitrogen and oxygen atoms in total. The number of carbonyl (C=O) groups excluding carboxylic acids is 1. The van der Waals surface area contributed by atoms with Gasteiger partial charge < -0.3 is 4.90 Å². The number of rotatable bonds is 8. The van der Waals surface area contributed by atoms with E-state index in [1.54, 1.807) is 24.3 Å². The summed E-state index contributed by atoms with van der Waals surface area (Å²) >= 11 is 5.90. The lowest BCUT2D eigenvalue weighted by molar-refractivity contribution is -0.130. The minimum atomic E-state index is -1.58. The molecule has 1 fully saturated rings. The molecule has 0 aliphatic carbocycles. The van der Waals surface area contributed by atoms with Crippen molar-refractivity contribution in [1.82, 2.24) is 4.90 Å². The molecule has 1 saturated heterocycles. The van der Waals surface area contributed by atoms with Gasteiger partial charge in [-0.1, -0.05) is 18.0 Å². The highest BCUT2D eigenvalue weighted by Crippen LogP contribution is 2.33. The number of likely N-dealkylation sites (tertiary alicyclic amines) is 1. The first-order valence-electron chi connectivity index (χ1n) is 9.84. The van der Waals surface area contributed by atoms with Crippen molar-refractivity contribution >= 4 is 28.3 Å². The number of amides is 1. The first-order valence-corrected chi connectivity index (χ1v) is 11.4. The Morgan fingerprint density at radius 3 is 2.45 bits per heavy atom. The Bertz CT molecular complexity index is 870. The normalized spacial score (nSPS) is 16.0. The predicted octanol–water partition coefficient (Wildman–Crippen LogP) is 5.65. The zero-order valence-corrected chi connectivity index (χ0v) is 17.7. The van der Waals surface area contributed by atoms with Gasteiger partial charge in [0.25, 0.3) is 0 Å². The third kappa shape index (κ3) is 5.86. The zero-order chi connectivity index (χ0) is 20.8. The first-order chi connectivity index (χ1) is 14.0. The second-order valence-corrected chi connectivity index (χ2v) is 9.31. The summed E-state index contributed by atoms with van der Waals surface area (Å²) in [6.45, 7) is 1.63. The fraction of sp³-hybridized carbons (Fsp3) is 0.409. The van der Waals surface area contributed by atoms with E-state index in [1.165, 1.54) is 0 Å². The van der Waals surface area contributed by atoms with Crippen molar-refractivity contribution in [3.63, 3.8) is 0 Å². The van der Waals surface area contributed by atoms with E-state index in [0.29, 0.717) is 35.6 Å². The molecule has 7 heteroatoms. The van der Waals surface area contributed by atoms with Crippen LogP contribution in [0.15, 0.2) is 47.4 Å². The molecular weight excluding hydrogens is 416 g/mol. The smallest absolute Gasteiger partial charge is 0.222 e. The lowest BCUT2D eigenvalue weighted by Gasteiger charge is -2.19. The number of carbonyl (C=O) groups is 1. The van der Waals surface area contributed by atoms with Crippen molar-refractivity contribution in [3.8, 4) is 0 Å². The molecule has 3 rings (SSSR count). The molecule has 1 aliphatic rings. The Kier molecular flexibility index (Phi) is 7.78. The maximum atomic E-state index is 14.4. The van der Waals surface area contributed by atoms with Crippen molar-refractivity contribution in [2.75, 3.05) is 13.1 Å².